The predicted octanol–water partition coefficient (Wildman–Crippen LogP) is -0.140. The van der Waals surface area contributed by atoms with Gasteiger partial charge >= 0.3 is 0 Å². The third kappa shape index (κ3) is 4.02. The molecule has 12 nitrogen and oxygen atoms in total. The Bertz CT molecular complexity index is 1630. The van der Waals surface area contributed by atoms with Crippen molar-refractivity contribution < 1.29 is 60.7 Å². The zero-order valence-electron chi connectivity index (χ0n) is 31.2. The predicted molar refractivity (Wildman–Crippen MR) is 186 cm³/mol. The van der Waals surface area contributed by atoms with E-state index in [1.165, 1.54) is 0 Å². The highest BCUT2D eigenvalue weighted by molar-refractivity contribution is 6.05. The van der Waals surface area contributed by atoms with Gasteiger partial charge in [-0.15, -0.1) is 0 Å². The highest BCUT2D eigenvalue weighted by Gasteiger charge is 2.85. The molecule has 0 amide bonds. The maximum atomic E-state index is 12.7. The monoisotopic (exact) mass is 728 g/mol. The van der Waals surface area contributed by atoms with E-state index in [0.29, 0.717) is 22.3 Å². The lowest BCUT2D eigenvalue weighted by Crippen LogP contribution is -2.65. The van der Waals surface area contributed by atoms with Gasteiger partial charge in [0.05, 0.1) is 36.6 Å². The van der Waals surface area contributed by atoms with E-state index in [4.69, 9.17) is 0 Å². The van der Waals surface area contributed by atoms with Crippen LogP contribution in [0.5, 0.6) is 0 Å². The van der Waals surface area contributed by atoms with Crippen molar-refractivity contribution in [1.82, 2.24) is 0 Å². The van der Waals surface area contributed by atoms with Crippen LogP contribution < -0.4 is 0 Å². The van der Waals surface area contributed by atoms with Crippen molar-refractivity contribution in [1.29, 1.82) is 0 Å². The number of hydrogen-bond acceptors (Lipinski definition) is 12. The molecular formula is C40H56O12. The molecule has 0 unspecified atom stereocenters. The lowest BCUT2D eigenvalue weighted by atomic mass is 9.59. The largest absolute Gasteiger partial charge is 0.392 e. The number of fused-ring (bicyclic) bond motifs is 10. The van der Waals surface area contributed by atoms with Gasteiger partial charge in [0.25, 0.3) is 0 Å². The first-order chi connectivity index (χ1) is 23.8. The SMILES string of the molecule is CC1=C[C@H]2[C@@]3(O)[C@H](C)[C@@H](O)[C@]4(O)[C@H]([C@@H]3C=C(CO)C[C@]2(O)C1=O)C4(C)C.CC1=C[C@H]2[C@@]3(O)[C@H](C)[C@@H](O)[C@]4(O)[C@H]([C@@H]3C=C(CO)C[C@]2(O)C1=O)C4(C)C. The van der Waals surface area contributed by atoms with Gasteiger partial charge in [-0.25, -0.2) is 0 Å². The fraction of sp³-hybridized carbons (Fsp3) is 0.750. The summed E-state index contributed by atoms with van der Waals surface area (Å²) in [6, 6.07) is 0. The molecule has 12 heteroatoms. The van der Waals surface area contributed by atoms with Crippen LogP contribution in [0.2, 0.25) is 0 Å². The van der Waals surface area contributed by atoms with Crippen LogP contribution in [-0.2, 0) is 9.59 Å². The summed E-state index contributed by atoms with van der Waals surface area (Å²) in [5.41, 5.74) is -9.14. The van der Waals surface area contributed by atoms with Crippen LogP contribution in [0.1, 0.15) is 68.2 Å². The number of rotatable bonds is 2. The van der Waals surface area contributed by atoms with E-state index < -0.39 is 116 Å². The maximum absolute atomic E-state index is 12.7. The summed E-state index contributed by atoms with van der Waals surface area (Å²) in [4.78, 5) is 25.4. The number of ketones is 2. The second-order valence-electron chi connectivity index (χ2n) is 18.8. The third-order valence-corrected chi connectivity index (χ3v) is 16.1. The van der Waals surface area contributed by atoms with E-state index in [1.807, 2.05) is 27.7 Å². The van der Waals surface area contributed by atoms with Crippen molar-refractivity contribution in [2.45, 2.75) is 114 Å². The van der Waals surface area contributed by atoms with Crippen molar-refractivity contribution in [2.75, 3.05) is 13.2 Å². The standard InChI is InChI=1S/2C20H28O6/c2*1-9-5-13-18(24,15(9)22)7-11(8-21)6-12-14-17(3,4)20(14,26)16(23)10(2)19(12,13)25/h2*5-6,10,12-14,16,21,23-26H,7-8H2,1-4H3/t2*10-,12+,13-,14-,16-,18-,19-,20-/m11/s1. The van der Waals surface area contributed by atoms with Crippen molar-refractivity contribution >= 4 is 11.6 Å². The molecule has 0 aromatic heterocycles. The van der Waals surface area contributed by atoms with E-state index in [9.17, 15) is 60.7 Å². The van der Waals surface area contributed by atoms with Gasteiger partial charge in [-0.1, -0.05) is 65.8 Å². The van der Waals surface area contributed by atoms with Crippen molar-refractivity contribution in [3.05, 3.63) is 46.6 Å². The van der Waals surface area contributed by atoms with Crippen LogP contribution in [0, 0.1) is 58.2 Å². The molecule has 52 heavy (non-hydrogen) atoms. The van der Waals surface area contributed by atoms with E-state index in [0.717, 1.165) is 0 Å². The number of carbonyl (C=O) groups excluding carboxylic acids is 2. The minimum atomic E-state index is -1.84. The summed E-state index contributed by atoms with van der Waals surface area (Å²) in [5, 5.41) is 110. The van der Waals surface area contributed by atoms with Crippen LogP contribution in [-0.4, -0.2) is 122 Å². The first-order valence-electron chi connectivity index (χ1n) is 18.5. The number of aliphatic hydroxyl groups excluding tert-OH is 4. The second kappa shape index (κ2) is 10.8. The Morgan fingerprint density at radius 2 is 0.904 bits per heavy atom. The summed E-state index contributed by atoms with van der Waals surface area (Å²) in [6.07, 6.45) is 4.17. The molecule has 0 aromatic carbocycles. The van der Waals surface area contributed by atoms with Crippen LogP contribution in [0.15, 0.2) is 46.6 Å². The second-order valence-corrected chi connectivity index (χ2v) is 18.8. The summed E-state index contributed by atoms with van der Waals surface area (Å²) in [6.45, 7) is 13.3. The lowest BCUT2D eigenvalue weighted by molar-refractivity contribution is -0.209. The van der Waals surface area contributed by atoms with Gasteiger partial charge in [0.15, 0.2) is 11.6 Å². The molecule has 16 atom stereocenters. The molecule has 4 fully saturated rings. The lowest BCUT2D eigenvalue weighted by Gasteiger charge is -2.51. The summed E-state index contributed by atoms with van der Waals surface area (Å²) in [7, 11) is 0. The minimum Gasteiger partial charge on any atom is -0.392 e. The average Bonchev–Trinajstić information content (AvgIpc) is 3.68. The Morgan fingerprint density at radius 3 is 1.19 bits per heavy atom. The molecule has 8 aliphatic carbocycles. The number of Topliss-reactive ketones (excluding diaryl/α,β-unsaturated/α-hetero) is 2. The molecule has 0 aromatic rings. The Kier molecular flexibility index (Phi) is 7.93. The van der Waals surface area contributed by atoms with Crippen LogP contribution in [0.25, 0.3) is 0 Å². The van der Waals surface area contributed by atoms with Crippen LogP contribution >= 0.6 is 0 Å². The van der Waals surface area contributed by atoms with E-state index >= 15 is 0 Å². The van der Waals surface area contributed by atoms with Gasteiger partial charge in [0, 0.05) is 71.0 Å². The molecule has 0 saturated heterocycles. The van der Waals surface area contributed by atoms with E-state index in [-0.39, 0.29) is 26.1 Å². The molecule has 0 bridgehead atoms. The van der Waals surface area contributed by atoms with Gasteiger partial charge in [-0.3, -0.25) is 9.59 Å². The molecule has 0 aliphatic heterocycles. The van der Waals surface area contributed by atoms with Gasteiger partial charge < -0.3 is 51.1 Å². The maximum Gasteiger partial charge on any atom is 0.190 e. The molecule has 4 saturated carbocycles. The van der Waals surface area contributed by atoms with Crippen molar-refractivity contribution in [2.24, 2.45) is 58.2 Å². The van der Waals surface area contributed by atoms with Gasteiger partial charge in [-0.05, 0) is 36.1 Å². The number of hydrogen-bond donors (Lipinski definition) is 10. The topological polar surface area (TPSA) is 236 Å². The minimum absolute atomic E-state index is 0.0615. The molecule has 288 valence electrons. The first kappa shape index (κ1) is 38.2. The molecule has 8 aliphatic rings. The van der Waals surface area contributed by atoms with Crippen LogP contribution in [0.4, 0.5) is 0 Å². The zero-order valence-corrected chi connectivity index (χ0v) is 31.2. The highest BCUT2D eigenvalue weighted by Crippen LogP contribution is 2.76. The molecule has 8 rings (SSSR count). The Morgan fingerprint density at radius 1 is 0.596 bits per heavy atom. The van der Waals surface area contributed by atoms with Gasteiger partial charge in [-0.2, -0.15) is 0 Å². The zero-order chi connectivity index (χ0) is 38.9. The van der Waals surface area contributed by atoms with Crippen molar-refractivity contribution in [3.63, 3.8) is 0 Å². The van der Waals surface area contributed by atoms with Gasteiger partial charge in [0.1, 0.15) is 22.4 Å². The molecule has 10 N–H and O–H groups in total. The molecule has 0 radical (unpaired) electrons. The van der Waals surface area contributed by atoms with Gasteiger partial charge in [0.2, 0.25) is 0 Å². The summed E-state index contributed by atoms with van der Waals surface area (Å²) < 4.78 is 0. The summed E-state index contributed by atoms with van der Waals surface area (Å²) >= 11 is 0. The Hall–Kier alpha value is -2.10. The Balaban J connectivity index is 0.000000162. The van der Waals surface area contributed by atoms with E-state index in [2.05, 4.69) is 0 Å². The number of carbonyl (C=O) groups is 2. The first-order valence-corrected chi connectivity index (χ1v) is 18.5. The summed E-state index contributed by atoms with van der Waals surface area (Å²) in [5.74, 6) is -6.28. The third-order valence-electron chi connectivity index (χ3n) is 16.1. The highest BCUT2D eigenvalue weighted by atomic mass is 16.4. The van der Waals surface area contributed by atoms with E-state index in [1.54, 1.807) is 52.0 Å². The average molecular weight is 729 g/mol. The number of aliphatic hydroxyl groups is 10. The fourth-order valence-corrected chi connectivity index (χ4v) is 12.9. The Labute approximate surface area is 303 Å². The molecular weight excluding hydrogens is 672 g/mol. The molecule has 0 heterocycles. The normalized spacial score (nSPS) is 54.5. The smallest absolute Gasteiger partial charge is 0.190 e. The fourth-order valence-electron chi connectivity index (χ4n) is 12.9. The molecule has 0 spiro atoms. The quantitative estimate of drug-likeness (QED) is 0.167. The van der Waals surface area contributed by atoms with Crippen molar-refractivity contribution in [3.8, 4) is 0 Å². The van der Waals surface area contributed by atoms with Crippen LogP contribution in [0.3, 0.4) is 0 Å².